The number of fused-ring (bicyclic) bond motifs is 6. The van der Waals surface area contributed by atoms with E-state index >= 15 is 0 Å². The molecule has 50 heavy (non-hydrogen) atoms. The highest BCUT2D eigenvalue weighted by molar-refractivity contribution is 6.15. The van der Waals surface area contributed by atoms with Crippen molar-refractivity contribution in [1.29, 1.82) is 0 Å². The van der Waals surface area contributed by atoms with Gasteiger partial charge in [0.2, 0.25) is 0 Å². The number of hydrogen-bond donors (Lipinski definition) is 0. The van der Waals surface area contributed by atoms with E-state index in [-0.39, 0.29) is 0 Å². The Labute approximate surface area is 290 Å². The van der Waals surface area contributed by atoms with Crippen molar-refractivity contribution >= 4 is 43.6 Å². The van der Waals surface area contributed by atoms with Crippen molar-refractivity contribution in [3.63, 3.8) is 0 Å². The van der Waals surface area contributed by atoms with Crippen LogP contribution in [0.2, 0.25) is 0 Å². The standard InChI is InChI=1S/C48H32N2/c1-4-15-33(16-5-1)36-29-37(34-17-6-2-7-18-34)31-39(30-36)49-45-25-12-11-22-42(45)44-32-35(27-28-47(44)49)40-23-14-24-43-41-21-10-13-26-46(41)50(48(40)43)38-19-8-3-9-20-38/h1-32H. The fourth-order valence-electron chi connectivity index (χ4n) is 7.85. The van der Waals surface area contributed by atoms with Crippen LogP contribution in [0.5, 0.6) is 0 Å². The van der Waals surface area contributed by atoms with Gasteiger partial charge >= 0.3 is 0 Å². The monoisotopic (exact) mass is 636 g/mol. The molecule has 10 aromatic rings. The van der Waals surface area contributed by atoms with Gasteiger partial charge in [0.25, 0.3) is 0 Å². The van der Waals surface area contributed by atoms with Crippen LogP contribution >= 0.6 is 0 Å². The largest absolute Gasteiger partial charge is 0.309 e. The number of benzene rings is 8. The van der Waals surface area contributed by atoms with Gasteiger partial charge in [0.05, 0.1) is 22.1 Å². The maximum Gasteiger partial charge on any atom is 0.0619 e. The summed E-state index contributed by atoms with van der Waals surface area (Å²) in [6, 6.07) is 70.4. The first kappa shape index (κ1) is 28.4. The van der Waals surface area contributed by atoms with Crippen molar-refractivity contribution < 1.29 is 0 Å². The molecule has 2 aromatic heterocycles. The molecule has 234 valence electrons. The van der Waals surface area contributed by atoms with Gasteiger partial charge in [-0.25, -0.2) is 0 Å². The fraction of sp³-hybridized carbons (Fsp3) is 0. The molecule has 2 nitrogen and oxygen atoms in total. The molecule has 0 amide bonds. The molecule has 0 unspecified atom stereocenters. The van der Waals surface area contributed by atoms with Crippen LogP contribution in [0.3, 0.4) is 0 Å². The van der Waals surface area contributed by atoms with E-state index in [2.05, 4.69) is 203 Å². The Morgan fingerprint density at radius 3 is 1.44 bits per heavy atom. The molecule has 0 aliphatic heterocycles. The van der Waals surface area contributed by atoms with Crippen LogP contribution in [0.15, 0.2) is 194 Å². The van der Waals surface area contributed by atoms with Gasteiger partial charge in [-0.05, 0) is 82.4 Å². The molecule has 2 heteroatoms. The van der Waals surface area contributed by atoms with Gasteiger partial charge in [0.1, 0.15) is 0 Å². The maximum atomic E-state index is 2.44. The molecule has 0 saturated heterocycles. The van der Waals surface area contributed by atoms with Crippen LogP contribution in [0, 0.1) is 0 Å². The summed E-state index contributed by atoms with van der Waals surface area (Å²) >= 11 is 0. The van der Waals surface area contributed by atoms with Crippen molar-refractivity contribution in [1.82, 2.24) is 9.13 Å². The van der Waals surface area contributed by atoms with Crippen LogP contribution in [-0.2, 0) is 0 Å². The Balaban J connectivity index is 1.23. The summed E-state index contributed by atoms with van der Waals surface area (Å²) in [4.78, 5) is 0. The third-order valence-electron chi connectivity index (χ3n) is 10.1. The minimum Gasteiger partial charge on any atom is -0.309 e. The van der Waals surface area contributed by atoms with E-state index in [1.165, 1.54) is 77.0 Å². The van der Waals surface area contributed by atoms with Gasteiger partial charge in [-0.2, -0.15) is 0 Å². The third kappa shape index (κ3) is 4.50. The zero-order valence-electron chi connectivity index (χ0n) is 27.4. The average molecular weight is 637 g/mol. The van der Waals surface area contributed by atoms with Crippen molar-refractivity contribution in [3.8, 4) is 44.8 Å². The minimum absolute atomic E-state index is 1.15. The molecule has 8 aromatic carbocycles. The van der Waals surface area contributed by atoms with Gasteiger partial charge in [0, 0.05) is 38.5 Å². The lowest BCUT2D eigenvalue weighted by Crippen LogP contribution is -1.96. The van der Waals surface area contributed by atoms with Gasteiger partial charge in [-0.3, -0.25) is 0 Å². The predicted octanol–water partition coefficient (Wildman–Crippen LogP) is 12.9. The van der Waals surface area contributed by atoms with Crippen LogP contribution in [0.1, 0.15) is 0 Å². The summed E-state index contributed by atoms with van der Waals surface area (Å²) < 4.78 is 4.86. The Morgan fingerprint density at radius 1 is 0.260 bits per heavy atom. The lowest BCUT2D eigenvalue weighted by atomic mass is 9.98. The molecular weight excluding hydrogens is 605 g/mol. The first-order valence-corrected chi connectivity index (χ1v) is 17.2. The lowest BCUT2D eigenvalue weighted by molar-refractivity contribution is 1.18. The molecule has 2 heterocycles. The molecule has 0 fully saturated rings. The number of hydrogen-bond acceptors (Lipinski definition) is 0. The van der Waals surface area contributed by atoms with E-state index in [0.29, 0.717) is 0 Å². The zero-order valence-corrected chi connectivity index (χ0v) is 27.4. The van der Waals surface area contributed by atoms with Crippen molar-refractivity contribution in [2.45, 2.75) is 0 Å². The van der Waals surface area contributed by atoms with E-state index in [1.54, 1.807) is 0 Å². The van der Waals surface area contributed by atoms with Crippen LogP contribution in [0.25, 0.3) is 88.4 Å². The summed E-state index contributed by atoms with van der Waals surface area (Å²) in [5.41, 5.74) is 14.4. The van der Waals surface area contributed by atoms with E-state index in [9.17, 15) is 0 Å². The maximum absolute atomic E-state index is 2.44. The quantitative estimate of drug-likeness (QED) is 0.178. The molecule has 0 aliphatic rings. The van der Waals surface area contributed by atoms with Crippen molar-refractivity contribution in [2.24, 2.45) is 0 Å². The fourth-order valence-corrected chi connectivity index (χ4v) is 7.85. The predicted molar refractivity (Wildman–Crippen MR) is 211 cm³/mol. The van der Waals surface area contributed by atoms with Crippen molar-refractivity contribution in [2.75, 3.05) is 0 Å². The Morgan fingerprint density at radius 2 is 0.780 bits per heavy atom. The minimum atomic E-state index is 1.15. The Bertz CT molecular complexity index is 2780. The van der Waals surface area contributed by atoms with E-state index < -0.39 is 0 Å². The Kier molecular flexibility index (Phi) is 6.53. The summed E-state index contributed by atoms with van der Waals surface area (Å²) in [6.07, 6.45) is 0. The molecular formula is C48H32N2. The van der Waals surface area contributed by atoms with Crippen molar-refractivity contribution in [3.05, 3.63) is 194 Å². The summed E-state index contributed by atoms with van der Waals surface area (Å²) in [6.45, 7) is 0. The molecule has 10 rings (SSSR count). The summed E-state index contributed by atoms with van der Waals surface area (Å²) in [7, 11) is 0. The molecule has 0 N–H and O–H groups in total. The summed E-state index contributed by atoms with van der Waals surface area (Å²) in [5, 5.41) is 5.00. The molecule has 0 radical (unpaired) electrons. The third-order valence-corrected chi connectivity index (χ3v) is 10.1. The first-order chi connectivity index (χ1) is 24.8. The van der Waals surface area contributed by atoms with E-state index in [4.69, 9.17) is 0 Å². The summed E-state index contributed by atoms with van der Waals surface area (Å²) in [5.74, 6) is 0. The van der Waals surface area contributed by atoms with Crippen LogP contribution in [0.4, 0.5) is 0 Å². The van der Waals surface area contributed by atoms with E-state index in [1.807, 2.05) is 0 Å². The van der Waals surface area contributed by atoms with Gasteiger partial charge in [-0.1, -0.05) is 140 Å². The van der Waals surface area contributed by atoms with Crippen LogP contribution in [-0.4, -0.2) is 9.13 Å². The first-order valence-electron chi connectivity index (χ1n) is 17.2. The highest BCUT2D eigenvalue weighted by atomic mass is 15.0. The number of para-hydroxylation sites is 4. The highest BCUT2D eigenvalue weighted by Crippen LogP contribution is 2.41. The second kappa shape index (κ2) is 11.5. The lowest BCUT2D eigenvalue weighted by Gasteiger charge is -2.14. The molecule has 0 saturated carbocycles. The topological polar surface area (TPSA) is 9.86 Å². The van der Waals surface area contributed by atoms with Gasteiger partial charge in [-0.15, -0.1) is 0 Å². The van der Waals surface area contributed by atoms with Gasteiger partial charge in [0.15, 0.2) is 0 Å². The van der Waals surface area contributed by atoms with E-state index in [0.717, 1.165) is 11.4 Å². The molecule has 0 atom stereocenters. The molecule has 0 bridgehead atoms. The molecule has 0 spiro atoms. The normalized spacial score (nSPS) is 11.6. The zero-order chi connectivity index (χ0) is 33.0. The molecule has 0 aliphatic carbocycles. The smallest absolute Gasteiger partial charge is 0.0619 e. The second-order valence-electron chi connectivity index (χ2n) is 13.0. The second-order valence-corrected chi connectivity index (χ2v) is 13.0. The SMILES string of the molecule is c1ccc(-c2cc(-c3ccccc3)cc(-n3c4ccccc4c4cc(-c5cccc6c7ccccc7n(-c7ccccc7)c56)ccc43)c2)cc1. The number of nitrogens with zero attached hydrogens (tertiary/aromatic N) is 2. The number of aromatic nitrogens is 2. The Hall–Kier alpha value is -6.64. The number of rotatable bonds is 5. The van der Waals surface area contributed by atoms with Gasteiger partial charge < -0.3 is 9.13 Å². The average Bonchev–Trinajstić information content (AvgIpc) is 3.71. The van der Waals surface area contributed by atoms with Crippen LogP contribution < -0.4 is 0 Å². The highest BCUT2D eigenvalue weighted by Gasteiger charge is 2.19.